The summed E-state index contributed by atoms with van der Waals surface area (Å²) in [5.41, 5.74) is 1.45. The van der Waals surface area contributed by atoms with Gasteiger partial charge in [0.1, 0.15) is 0 Å². The zero-order valence-corrected chi connectivity index (χ0v) is 15.2. The van der Waals surface area contributed by atoms with Crippen molar-refractivity contribution in [3.05, 3.63) is 74.1 Å². The quantitative estimate of drug-likeness (QED) is 0.450. The van der Waals surface area contributed by atoms with Gasteiger partial charge in [0.15, 0.2) is 0 Å². The van der Waals surface area contributed by atoms with Crippen molar-refractivity contribution in [2.45, 2.75) is 13.1 Å². The fourth-order valence-electron chi connectivity index (χ4n) is 2.41. The summed E-state index contributed by atoms with van der Waals surface area (Å²) in [5, 5.41) is 16.0. The smallest absolute Gasteiger partial charge is 0.269 e. The third kappa shape index (κ3) is 4.37. The third-order valence-electron chi connectivity index (χ3n) is 3.66. The van der Waals surface area contributed by atoms with Gasteiger partial charge in [-0.3, -0.25) is 15.0 Å². The largest absolute Gasteiger partial charge is 0.338 e. The number of nitro benzene ring substituents is 1. The summed E-state index contributed by atoms with van der Waals surface area (Å²) in [4.78, 5) is 16.7. The zero-order chi connectivity index (χ0) is 18.7. The van der Waals surface area contributed by atoms with Crippen molar-refractivity contribution in [1.82, 2.24) is 15.0 Å². The van der Waals surface area contributed by atoms with Crippen molar-refractivity contribution in [1.29, 1.82) is 0 Å². The normalized spacial score (nSPS) is 11.1. The molecule has 26 heavy (non-hydrogen) atoms. The molecule has 0 aliphatic heterocycles. The first kappa shape index (κ1) is 18.3. The number of halogens is 2. The third-order valence-corrected chi connectivity index (χ3v) is 4.28. The highest BCUT2D eigenvalue weighted by Crippen LogP contribution is 2.24. The van der Waals surface area contributed by atoms with E-state index in [0.717, 1.165) is 5.56 Å². The highest BCUT2D eigenvalue weighted by Gasteiger charge is 2.14. The van der Waals surface area contributed by atoms with Crippen LogP contribution in [0.5, 0.6) is 0 Å². The minimum Gasteiger partial charge on any atom is -0.338 e. The molecule has 0 aliphatic rings. The van der Waals surface area contributed by atoms with Crippen LogP contribution >= 0.6 is 23.2 Å². The molecule has 0 saturated heterocycles. The lowest BCUT2D eigenvalue weighted by atomic mass is 10.2. The standard InChI is InChI=1S/C17H14Cl2N4O3/c1-22(9-12-8-14(23(24)25)6-7-15(12)19)10-16-20-17(21-26-16)11-2-4-13(18)5-3-11/h2-8H,9-10H2,1H3. The number of non-ortho nitro benzene ring substituents is 1. The Morgan fingerprint density at radius 1 is 1.15 bits per heavy atom. The molecule has 134 valence electrons. The van der Waals surface area contributed by atoms with Gasteiger partial charge >= 0.3 is 0 Å². The molecule has 9 heteroatoms. The summed E-state index contributed by atoms with van der Waals surface area (Å²) in [6, 6.07) is 11.5. The van der Waals surface area contributed by atoms with E-state index in [2.05, 4.69) is 10.1 Å². The van der Waals surface area contributed by atoms with Crippen LogP contribution in [0, 0.1) is 10.1 Å². The maximum atomic E-state index is 10.9. The summed E-state index contributed by atoms with van der Waals surface area (Å²) < 4.78 is 5.27. The predicted octanol–water partition coefficient (Wildman–Crippen LogP) is 4.58. The lowest BCUT2D eigenvalue weighted by Gasteiger charge is -2.15. The van der Waals surface area contributed by atoms with Crippen molar-refractivity contribution in [3.63, 3.8) is 0 Å². The summed E-state index contributed by atoms with van der Waals surface area (Å²) in [7, 11) is 1.83. The van der Waals surface area contributed by atoms with Crippen LogP contribution in [0.1, 0.15) is 11.5 Å². The van der Waals surface area contributed by atoms with Gasteiger partial charge in [0, 0.05) is 34.3 Å². The summed E-state index contributed by atoms with van der Waals surface area (Å²) in [6.07, 6.45) is 0. The Morgan fingerprint density at radius 2 is 1.88 bits per heavy atom. The van der Waals surface area contributed by atoms with Gasteiger partial charge in [-0.25, -0.2) is 0 Å². The molecule has 2 aromatic carbocycles. The predicted molar refractivity (Wildman–Crippen MR) is 98.0 cm³/mol. The van der Waals surface area contributed by atoms with E-state index in [1.165, 1.54) is 18.2 Å². The molecule has 7 nitrogen and oxygen atoms in total. The molecule has 0 fully saturated rings. The summed E-state index contributed by atoms with van der Waals surface area (Å²) >= 11 is 12.0. The highest BCUT2D eigenvalue weighted by atomic mass is 35.5. The van der Waals surface area contributed by atoms with E-state index in [0.29, 0.717) is 40.4 Å². The topological polar surface area (TPSA) is 85.3 Å². The fourth-order valence-corrected chi connectivity index (χ4v) is 2.71. The lowest BCUT2D eigenvalue weighted by Crippen LogP contribution is -2.17. The van der Waals surface area contributed by atoms with Gasteiger partial charge < -0.3 is 4.52 Å². The van der Waals surface area contributed by atoms with Crippen LogP contribution in [-0.4, -0.2) is 27.0 Å². The average Bonchev–Trinajstić information content (AvgIpc) is 3.05. The molecule has 1 aromatic heterocycles. The fraction of sp³-hybridized carbons (Fsp3) is 0.176. The van der Waals surface area contributed by atoms with Gasteiger partial charge in [-0.05, 0) is 42.9 Å². The van der Waals surface area contributed by atoms with Crippen LogP contribution in [-0.2, 0) is 13.1 Å². The zero-order valence-electron chi connectivity index (χ0n) is 13.7. The number of rotatable bonds is 6. The second-order valence-electron chi connectivity index (χ2n) is 5.72. The Labute approximate surface area is 159 Å². The maximum Gasteiger partial charge on any atom is 0.269 e. The van der Waals surface area contributed by atoms with Crippen LogP contribution in [0.4, 0.5) is 5.69 Å². The van der Waals surface area contributed by atoms with Gasteiger partial charge in [-0.15, -0.1) is 0 Å². The number of hydrogen-bond donors (Lipinski definition) is 0. The van der Waals surface area contributed by atoms with Gasteiger partial charge in [0.2, 0.25) is 11.7 Å². The Morgan fingerprint density at radius 3 is 2.58 bits per heavy atom. The Kier molecular flexibility index (Phi) is 5.51. The SMILES string of the molecule is CN(Cc1nc(-c2ccc(Cl)cc2)no1)Cc1cc([N+](=O)[O-])ccc1Cl. The first-order chi connectivity index (χ1) is 12.4. The van der Waals surface area contributed by atoms with Gasteiger partial charge in [-0.1, -0.05) is 28.4 Å². The summed E-state index contributed by atoms with van der Waals surface area (Å²) in [6.45, 7) is 0.777. The molecule has 0 radical (unpaired) electrons. The Hall–Kier alpha value is -2.48. The van der Waals surface area contributed by atoms with E-state index in [1.807, 2.05) is 24.1 Å². The van der Waals surface area contributed by atoms with Gasteiger partial charge in [-0.2, -0.15) is 4.98 Å². The molecule has 0 atom stereocenters. The molecular formula is C17H14Cl2N4O3. The second kappa shape index (κ2) is 7.82. The van der Waals surface area contributed by atoms with Crippen LogP contribution in [0.15, 0.2) is 47.0 Å². The van der Waals surface area contributed by atoms with E-state index in [4.69, 9.17) is 27.7 Å². The van der Waals surface area contributed by atoms with Crippen LogP contribution < -0.4 is 0 Å². The van der Waals surface area contributed by atoms with E-state index in [9.17, 15) is 10.1 Å². The summed E-state index contributed by atoms with van der Waals surface area (Å²) in [5.74, 6) is 0.900. The molecule has 0 saturated carbocycles. The lowest BCUT2D eigenvalue weighted by molar-refractivity contribution is -0.384. The first-order valence-electron chi connectivity index (χ1n) is 7.62. The van der Waals surface area contributed by atoms with E-state index >= 15 is 0 Å². The van der Waals surface area contributed by atoms with Crippen LogP contribution in [0.2, 0.25) is 10.0 Å². The molecule has 0 spiro atoms. The average molecular weight is 393 g/mol. The minimum atomic E-state index is -0.448. The molecule has 0 bridgehead atoms. The number of nitrogens with zero attached hydrogens (tertiary/aromatic N) is 4. The van der Waals surface area contributed by atoms with Crippen molar-refractivity contribution < 1.29 is 9.45 Å². The number of benzene rings is 2. The first-order valence-corrected chi connectivity index (χ1v) is 8.38. The highest BCUT2D eigenvalue weighted by molar-refractivity contribution is 6.31. The van der Waals surface area contributed by atoms with Crippen LogP contribution in [0.25, 0.3) is 11.4 Å². The maximum absolute atomic E-state index is 10.9. The van der Waals surface area contributed by atoms with Gasteiger partial charge in [0.05, 0.1) is 11.5 Å². The molecule has 3 rings (SSSR count). The molecule has 0 aliphatic carbocycles. The Bertz CT molecular complexity index is 928. The minimum absolute atomic E-state index is 0.000569. The van der Waals surface area contributed by atoms with E-state index in [1.54, 1.807) is 12.1 Å². The Balaban J connectivity index is 1.69. The number of hydrogen-bond acceptors (Lipinski definition) is 6. The van der Waals surface area contributed by atoms with Gasteiger partial charge in [0.25, 0.3) is 5.69 Å². The van der Waals surface area contributed by atoms with Crippen molar-refractivity contribution in [2.24, 2.45) is 0 Å². The van der Waals surface area contributed by atoms with Crippen molar-refractivity contribution >= 4 is 28.9 Å². The van der Waals surface area contributed by atoms with E-state index < -0.39 is 4.92 Å². The molecule has 1 heterocycles. The van der Waals surface area contributed by atoms with Crippen molar-refractivity contribution in [2.75, 3.05) is 7.05 Å². The molecule has 0 amide bonds. The van der Waals surface area contributed by atoms with E-state index in [-0.39, 0.29) is 5.69 Å². The monoisotopic (exact) mass is 392 g/mol. The second-order valence-corrected chi connectivity index (χ2v) is 6.57. The molecule has 0 unspecified atom stereocenters. The van der Waals surface area contributed by atoms with Crippen LogP contribution in [0.3, 0.4) is 0 Å². The molecule has 0 N–H and O–H groups in total. The number of nitro groups is 1. The number of aromatic nitrogens is 2. The molecule has 3 aromatic rings. The molecular weight excluding hydrogens is 379 g/mol. The van der Waals surface area contributed by atoms with Crippen molar-refractivity contribution in [3.8, 4) is 11.4 Å².